The Bertz CT molecular complexity index is 956. The van der Waals surface area contributed by atoms with E-state index < -0.39 is 41.3 Å². The zero-order chi connectivity index (χ0) is 25.0. The maximum atomic E-state index is 12.7. The zero-order valence-corrected chi connectivity index (χ0v) is 19.6. The summed E-state index contributed by atoms with van der Waals surface area (Å²) in [5.74, 6) is -3.34. The molecule has 0 bridgehead atoms. The number of anilines is 1. The number of carbonyl (C=O) groups is 3. The number of rotatable bonds is 10. The molecule has 1 unspecified atom stereocenters. The van der Waals surface area contributed by atoms with Crippen LogP contribution in [0.4, 0.5) is 5.69 Å². The number of nitrogens with one attached hydrogen (secondary N) is 2. The van der Waals surface area contributed by atoms with Crippen molar-refractivity contribution in [3.63, 3.8) is 0 Å². The number of aromatic carboxylic acids is 1. The van der Waals surface area contributed by atoms with E-state index in [9.17, 15) is 24.6 Å². The van der Waals surface area contributed by atoms with Gasteiger partial charge in [0.15, 0.2) is 0 Å². The number of thioether (sulfide) groups is 1. The minimum atomic E-state index is -1.14. The van der Waals surface area contributed by atoms with Gasteiger partial charge in [0, 0.05) is 23.4 Å². The third kappa shape index (κ3) is 5.94. The maximum Gasteiger partial charge on any atom is 0.350 e. The number of carboxylic acid groups (broad SMARTS) is 2. The van der Waals surface area contributed by atoms with Crippen LogP contribution in [0.25, 0.3) is 0 Å². The van der Waals surface area contributed by atoms with Crippen molar-refractivity contribution >= 4 is 41.0 Å². The van der Waals surface area contributed by atoms with Crippen LogP contribution in [0.15, 0.2) is 29.3 Å². The standard InChI is InChI=1S/C22H29N3O8S/c1-10-17(15(9-33-32)11(2)26)25-18(22(30)31)19(10)34-14-7-16(23-8-14)20(27)24-13-5-3-4-12(6-13)21(28)29/h3-6,10-11,14-17,19,23,26,32H,7-9H2,1-2H3,(H,24,27)(H,28,29)(H,30,31)/t10-,11-,14+,15-,16+,17-,19?/m1/s1. The predicted octanol–water partition coefficient (Wildman–Crippen LogP) is 1.19. The zero-order valence-electron chi connectivity index (χ0n) is 18.7. The van der Waals surface area contributed by atoms with E-state index in [2.05, 4.69) is 20.5 Å². The smallest absolute Gasteiger partial charge is 0.350 e. The van der Waals surface area contributed by atoms with Crippen molar-refractivity contribution in [2.45, 2.75) is 49.0 Å². The molecule has 0 aliphatic carbocycles. The van der Waals surface area contributed by atoms with Gasteiger partial charge in [-0.2, -0.15) is 0 Å². The second kappa shape index (κ2) is 11.3. The van der Waals surface area contributed by atoms with E-state index >= 15 is 0 Å². The van der Waals surface area contributed by atoms with E-state index in [0.29, 0.717) is 18.7 Å². The van der Waals surface area contributed by atoms with Gasteiger partial charge in [0.25, 0.3) is 0 Å². The second-order valence-electron chi connectivity index (χ2n) is 8.62. The summed E-state index contributed by atoms with van der Waals surface area (Å²) in [4.78, 5) is 44.3. The van der Waals surface area contributed by atoms with Crippen molar-refractivity contribution < 1.29 is 39.8 Å². The molecule has 7 atom stereocenters. The Morgan fingerprint density at radius 3 is 2.65 bits per heavy atom. The van der Waals surface area contributed by atoms with E-state index in [1.165, 1.54) is 23.9 Å². The summed E-state index contributed by atoms with van der Waals surface area (Å²) in [7, 11) is 0. The lowest BCUT2D eigenvalue weighted by molar-refractivity contribution is -0.257. The number of hydrogen-bond donors (Lipinski definition) is 6. The highest BCUT2D eigenvalue weighted by Crippen LogP contribution is 2.39. The lowest BCUT2D eigenvalue weighted by Crippen LogP contribution is -2.38. The Labute approximate surface area is 200 Å². The molecule has 186 valence electrons. The molecule has 1 aromatic carbocycles. The summed E-state index contributed by atoms with van der Waals surface area (Å²) >= 11 is 1.43. The highest BCUT2D eigenvalue weighted by molar-refractivity contribution is 8.01. The molecule has 1 saturated heterocycles. The second-order valence-corrected chi connectivity index (χ2v) is 10.1. The van der Waals surface area contributed by atoms with Gasteiger partial charge in [-0.05, 0) is 37.5 Å². The average Bonchev–Trinajstić information content (AvgIpc) is 3.38. The highest BCUT2D eigenvalue weighted by Gasteiger charge is 2.46. The molecule has 2 aliphatic rings. The van der Waals surface area contributed by atoms with Gasteiger partial charge in [0.2, 0.25) is 5.91 Å². The minimum absolute atomic E-state index is 0.00415. The van der Waals surface area contributed by atoms with E-state index in [1.54, 1.807) is 19.1 Å². The minimum Gasteiger partial charge on any atom is -0.478 e. The van der Waals surface area contributed by atoms with Crippen LogP contribution < -0.4 is 10.6 Å². The number of aliphatic imine (C=N–C) groups is 1. The molecule has 12 heteroatoms. The molecule has 6 N–H and O–H groups in total. The number of carbonyl (C=O) groups excluding carboxylic acids is 1. The fourth-order valence-corrected chi connectivity index (χ4v) is 6.02. The average molecular weight is 496 g/mol. The van der Waals surface area contributed by atoms with E-state index in [1.807, 2.05) is 6.92 Å². The van der Waals surface area contributed by atoms with Gasteiger partial charge in [0.1, 0.15) is 5.71 Å². The molecule has 1 amide bonds. The quantitative estimate of drug-likeness (QED) is 0.204. The van der Waals surface area contributed by atoms with Crippen LogP contribution in [0.3, 0.4) is 0 Å². The first-order chi connectivity index (χ1) is 16.1. The number of carboxylic acids is 2. The van der Waals surface area contributed by atoms with Gasteiger partial charge in [-0.25, -0.2) is 14.5 Å². The number of hydrogen-bond acceptors (Lipinski definition) is 9. The SMILES string of the molecule is C[C@@H](O)[C@@H](COO)[C@@H]1N=C(C(=O)O)C(S[C@@H]2CN[C@H](C(=O)Nc3cccc(C(=O)O)c3)C2)[C@@H]1C. The number of aliphatic hydroxyl groups is 1. The van der Waals surface area contributed by atoms with Gasteiger partial charge in [0.05, 0.1) is 35.6 Å². The molecule has 2 aliphatic heterocycles. The van der Waals surface area contributed by atoms with Crippen molar-refractivity contribution in [1.82, 2.24) is 5.32 Å². The van der Waals surface area contributed by atoms with Crippen molar-refractivity contribution in [1.29, 1.82) is 0 Å². The monoisotopic (exact) mass is 495 g/mol. The van der Waals surface area contributed by atoms with Gasteiger partial charge in [-0.3, -0.25) is 15.0 Å². The molecule has 0 radical (unpaired) electrons. The lowest BCUT2D eigenvalue weighted by Gasteiger charge is -2.28. The Hall–Kier alpha value is -2.51. The molecule has 11 nitrogen and oxygen atoms in total. The number of amides is 1. The summed E-state index contributed by atoms with van der Waals surface area (Å²) in [6, 6.07) is 4.92. The Morgan fingerprint density at radius 1 is 1.29 bits per heavy atom. The Kier molecular flexibility index (Phi) is 8.66. The normalized spacial score (nSPS) is 28.2. The van der Waals surface area contributed by atoms with E-state index in [0.717, 1.165) is 0 Å². The van der Waals surface area contributed by atoms with Crippen LogP contribution in [0.5, 0.6) is 0 Å². The molecular formula is C22H29N3O8S. The van der Waals surface area contributed by atoms with Crippen molar-refractivity contribution in [3.05, 3.63) is 29.8 Å². The maximum absolute atomic E-state index is 12.7. The van der Waals surface area contributed by atoms with Crippen LogP contribution in [-0.2, 0) is 14.5 Å². The van der Waals surface area contributed by atoms with Crippen LogP contribution >= 0.6 is 11.8 Å². The van der Waals surface area contributed by atoms with Crippen LogP contribution in [0, 0.1) is 11.8 Å². The van der Waals surface area contributed by atoms with Gasteiger partial charge >= 0.3 is 11.9 Å². The van der Waals surface area contributed by atoms with Crippen LogP contribution in [0.1, 0.15) is 30.6 Å². The summed E-state index contributed by atoms with van der Waals surface area (Å²) in [5.41, 5.74) is 0.452. The third-order valence-corrected chi connectivity index (χ3v) is 7.93. The van der Waals surface area contributed by atoms with Crippen LogP contribution in [0.2, 0.25) is 0 Å². The number of nitrogens with zero attached hydrogens (tertiary/aromatic N) is 1. The van der Waals surface area contributed by atoms with E-state index in [-0.39, 0.29) is 35.0 Å². The van der Waals surface area contributed by atoms with Crippen molar-refractivity contribution in [3.8, 4) is 0 Å². The fourth-order valence-electron chi connectivity index (χ4n) is 4.41. The van der Waals surface area contributed by atoms with Gasteiger partial charge < -0.3 is 26.0 Å². The summed E-state index contributed by atoms with van der Waals surface area (Å²) < 4.78 is 0. The largest absolute Gasteiger partial charge is 0.478 e. The summed E-state index contributed by atoms with van der Waals surface area (Å²) in [6.45, 7) is 3.72. The van der Waals surface area contributed by atoms with Gasteiger partial charge in [-0.1, -0.05) is 13.0 Å². The molecule has 1 aromatic rings. The summed E-state index contributed by atoms with van der Waals surface area (Å²) in [6.07, 6.45) is -0.404. The molecule has 2 heterocycles. The van der Waals surface area contributed by atoms with Crippen molar-refractivity contribution in [2.24, 2.45) is 16.8 Å². The number of aliphatic carboxylic acids is 1. The first-order valence-electron chi connectivity index (χ1n) is 10.9. The first-order valence-corrected chi connectivity index (χ1v) is 11.8. The summed E-state index contributed by atoms with van der Waals surface area (Å²) in [5, 5.41) is 43.1. The highest BCUT2D eigenvalue weighted by atomic mass is 32.2. The van der Waals surface area contributed by atoms with E-state index in [4.69, 9.17) is 10.4 Å². The fraction of sp³-hybridized carbons (Fsp3) is 0.545. The molecule has 0 aromatic heterocycles. The molecule has 34 heavy (non-hydrogen) atoms. The predicted molar refractivity (Wildman–Crippen MR) is 125 cm³/mol. The van der Waals surface area contributed by atoms with Crippen LogP contribution in [-0.4, -0.2) is 86.0 Å². The molecule has 0 saturated carbocycles. The van der Waals surface area contributed by atoms with Crippen molar-refractivity contribution in [2.75, 3.05) is 18.5 Å². The molecular weight excluding hydrogens is 466 g/mol. The molecule has 0 spiro atoms. The number of aliphatic hydroxyl groups excluding tert-OH is 1. The molecule has 1 fully saturated rings. The third-order valence-electron chi connectivity index (χ3n) is 6.24. The Morgan fingerprint density at radius 2 is 2.03 bits per heavy atom. The first kappa shape index (κ1) is 26.1. The lowest BCUT2D eigenvalue weighted by atomic mass is 9.86. The number of benzene rings is 1. The van der Waals surface area contributed by atoms with Gasteiger partial charge in [-0.15, -0.1) is 11.8 Å². The topological polar surface area (TPSA) is 178 Å². The Balaban J connectivity index is 1.64. The molecule has 3 rings (SSSR count).